The average Bonchev–Trinajstić information content (AvgIpc) is 2.35. The van der Waals surface area contributed by atoms with Gasteiger partial charge in [-0.15, -0.1) is 12.4 Å². The maximum absolute atomic E-state index is 13.3. The van der Waals surface area contributed by atoms with Crippen LogP contribution in [0.15, 0.2) is 85.1 Å². The number of halogens is 4. The Bertz CT molecular complexity index is 2840. The largest absolute Gasteiger partial charge is 0.503 e. The number of hydrogen-bond donors (Lipinski definition) is 4. The molecule has 5 N–H and O–H groups in total. The molecule has 0 unspecified atom stereocenters. The molecule has 0 radical (unpaired) electrons. The second kappa shape index (κ2) is 39.0. The third-order valence-electron chi connectivity index (χ3n) is 14.4. The number of carbonyl (C=O) groups excluding carboxylic acids is 5. The molecule has 91 heavy (non-hydrogen) atoms. The lowest BCUT2D eigenvalue weighted by molar-refractivity contribution is -0.165. The van der Waals surface area contributed by atoms with Crippen LogP contribution in [-0.2, 0) is 81.0 Å². The zero-order valence-corrected chi connectivity index (χ0v) is 54.5. The van der Waals surface area contributed by atoms with E-state index in [0.717, 1.165) is 36.0 Å². The third kappa shape index (κ3) is 25.8. The maximum Gasteiger partial charge on any atom is 0.408 e. The van der Waals surface area contributed by atoms with Crippen molar-refractivity contribution in [2.24, 2.45) is 5.73 Å². The summed E-state index contributed by atoms with van der Waals surface area (Å²) >= 11 is 0. The summed E-state index contributed by atoms with van der Waals surface area (Å²) in [6.45, 7) is 18.6. The van der Waals surface area contributed by atoms with Gasteiger partial charge in [0.1, 0.15) is 77.8 Å². The summed E-state index contributed by atoms with van der Waals surface area (Å²) in [4.78, 5) is 66.4. The molecule has 4 aromatic rings. The molecule has 12 atom stereocenters. The number of nitrogens with one attached hydrogen (secondary N) is 2. The fraction of sp³-hybridized carbons (Fsp3) is 0.576. The predicted octanol–water partition coefficient (Wildman–Crippen LogP) is 9.20. The van der Waals surface area contributed by atoms with Crippen LogP contribution < -0.4 is 21.1 Å². The van der Waals surface area contributed by atoms with Crippen LogP contribution in [0.5, 0.6) is 11.5 Å². The van der Waals surface area contributed by atoms with Gasteiger partial charge in [-0.2, -0.15) is 0 Å². The van der Waals surface area contributed by atoms with Crippen LogP contribution in [0, 0.1) is 17.5 Å². The quantitative estimate of drug-likeness (QED) is 0.0503. The molecule has 506 valence electrons. The number of methoxy groups -OCH3 is 1. The van der Waals surface area contributed by atoms with Crippen molar-refractivity contribution < 1.29 is 94.4 Å². The molecule has 1 aromatic heterocycles. The number of benzene rings is 3. The van der Waals surface area contributed by atoms with E-state index in [9.17, 15) is 42.3 Å². The van der Waals surface area contributed by atoms with E-state index < -0.39 is 108 Å². The fourth-order valence-electron chi connectivity index (χ4n) is 9.85. The van der Waals surface area contributed by atoms with Crippen molar-refractivity contribution in [3.63, 3.8) is 0 Å². The van der Waals surface area contributed by atoms with Crippen LogP contribution in [0.4, 0.5) is 18.0 Å². The van der Waals surface area contributed by atoms with Gasteiger partial charge in [0.2, 0.25) is 0 Å². The average molecular weight is 1310 g/mol. The normalized spacial score (nSPS) is 24.9. The molecule has 0 saturated carbocycles. The van der Waals surface area contributed by atoms with Crippen molar-refractivity contribution in [3.05, 3.63) is 125 Å². The number of alkyl carbamates (subject to hydrolysis) is 1. The van der Waals surface area contributed by atoms with Crippen LogP contribution in [0.3, 0.4) is 0 Å². The summed E-state index contributed by atoms with van der Waals surface area (Å²) in [5, 5.41) is 15.4. The summed E-state index contributed by atoms with van der Waals surface area (Å²) in [6, 6.07) is 17.4. The van der Waals surface area contributed by atoms with E-state index in [0.29, 0.717) is 52.1 Å². The lowest BCUT2D eigenvalue weighted by Crippen LogP contribution is -2.46. The van der Waals surface area contributed by atoms with Crippen LogP contribution in [0.1, 0.15) is 128 Å². The van der Waals surface area contributed by atoms with Gasteiger partial charge in [-0.1, -0.05) is 57.2 Å². The number of hydrogen-bond acceptors (Lipinski definition) is 19. The molecule has 3 fully saturated rings. The van der Waals surface area contributed by atoms with Gasteiger partial charge in [0.15, 0.2) is 17.2 Å². The van der Waals surface area contributed by atoms with Gasteiger partial charge in [-0.05, 0) is 120 Å². The highest BCUT2D eigenvalue weighted by Gasteiger charge is 2.39. The number of cyclic esters (lactones) is 3. The number of ether oxygens (including phenoxy) is 11. The smallest absolute Gasteiger partial charge is 0.408 e. The molecule has 21 nitrogen and oxygen atoms in total. The zero-order valence-electron chi connectivity index (χ0n) is 53.7. The molecule has 4 heterocycles. The van der Waals surface area contributed by atoms with Gasteiger partial charge in [0, 0.05) is 84.0 Å². The molecule has 3 saturated heterocycles. The van der Waals surface area contributed by atoms with Gasteiger partial charge in [0.25, 0.3) is 5.91 Å². The van der Waals surface area contributed by atoms with E-state index in [-0.39, 0.29) is 73.5 Å². The van der Waals surface area contributed by atoms with Gasteiger partial charge in [-0.3, -0.25) is 9.59 Å². The Balaban J connectivity index is 0.000000295. The van der Waals surface area contributed by atoms with Crippen LogP contribution >= 0.6 is 12.4 Å². The first-order valence-electron chi connectivity index (χ1n) is 30.8. The number of rotatable bonds is 19. The number of carbonyl (C=O) groups is 5. The Morgan fingerprint density at radius 2 is 0.956 bits per heavy atom. The monoisotopic (exact) mass is 1300 g/mol. The fourth-order valence-corrected chi connectivity index (χ4v) is 9.85. The number of aromatic nitrogens is 1. The van der Waals surface area contributed by atoms with Gasteiger partial charge >= 0.3 is 24.0 Å². The van der Waals surface area contributed by atoms with E-state index in [1.807, 2.05) is 20.8 Å². The first kappa shape index (κ1) is 76.8. The van der Waals surface area contributed by atoms with Crippen LogP contribution in [-0.4, -0.2) is 165 Å². The minimum Gasteiger partial charge on any atom is -0.503 e. The highest BCUT2D eigenvalue weighted by Crippen LogP contribution is 2.29. The molecule has 25 heteroatoms. The van der Waals surface area contributed by atoms with E-state index in [2.05, 4.69) is 15.6 Å². The second-order valence-corrected chi connectivity index (χ2v) is 23.1. The number of nitrogens with two attached hydrogens (primary N) is 1. The number of amides is 2. The molecule has 0 spiro atoms. The van der Waals surface area contributed by atoms with Crippen molar-refractivity contribution in [2.45, 2.75) is 199 Å². The van der Waals surface area contributed by atoms with E-state index in [4.69, 9.17) is 57.8 Å². The minimum absolute atomic E-state index is 0. The van der Waals surface area contributed by atoms with E-state index in [1.165, 1.54) is 55.8 Å². The standard InChI is InChI=1S/C25H31FN2O7.C23H34FNO6.C18H26FNO4.ClH/c1-4-12-34-23-15(2)35-25(31)18(28-24(30)21-22(29)19(32-3)9-11-27-21)10-13-33-20(23)14-16-5-7-17(26)8-6-16;1-6-12-29-20-15(2)30-21(26)18(25-22(27)31-23(3,4)5)11-13-28-19(20)14-16-7-9-17(24)10-8-16;1-3-9-23-17-12(2)24-18(21)15(20)8-10-22-16(17)11-13-4-6-14(19)7-5-13;/h5-9,11,15,18,20,23,29H,4,10,12-14H2,1-3H3,(H,28,30);7-10,15,18-20H,6,11-14H2,1-5H3,(H,25,27);4-7,12,15-17H,3,8-11,20H2,1-2H3;1H/t15-,18-,20+,23-;15-,18-,19+,20-;12-,15-,16+,17-;/m000./s1. The Kier molecular flexibility index (Phi) is 32.9. The lowest BCUT2D eigenvalue weighted by atomic mass is 10.0. The first-order chi connectivity index (χ1) is 42.9. The summed E-state index contributed by atoms with van der Waals surface area (Å²) in [6.07, 6.45) is 0.827. The molecular weight excluding hydrogens is 1210 g/mol. The molecule has 7 rings (SSSR count). The number of esters is 3. The number of pyridine rings is 1. The van der Waals surface area contributed by atoms with E-state index in [1.54, 1.807) is 77.9 Å². The molecule has 3 aliphatic rings. The summed E-state index contributed by atoms with van der Waals surface area (Å²) in [7, 11) is 1.35. The highest BCUT2D eigenvalue weighted by atomic mass is 35.5. The third-order valence-corrected chi connectivity index (χ3v) is 14.4. The topological polar surface area (TPSA) is 270 Å². The Labute approximate surface area is 537 Å². The Morgan fingerprint density at radius 3 is 1.32 bits per heavy atom. The molecule has 0 bridgehead atoms. The SMILES string of the molecule is CCCO[C@H]1[C@H](C)OC(=O)[C@@H](N)CCO[C@@H]1Cc1ccc(F)cc1.CCCO[C@H]1[C@H](C)OC(=O)[C@@H](NC(=O)OC(C)(C)C)CCO[C@@H]1Cc1ccc(F)cc1.CCCO[C@H]1[C@H](C)OC(=O)[C@@H](NC(=O)c2nccc(OC)c2O)CCO[C@@H]1Cc1ccc(F)cc1.Cl. The number of aromatic hydroxyl groups is 1. The van der Waals surface area contributed by atoms with Crippen molar-refractivity contribution >= 4 is 42.3 Å². The van der Waals surface area contributed by atoms with Crippen LogP contribution in [0.25, 0.3) is 0 Å². The maximum atomic E-state index is 13.3. The zero-order chi connectivity index (χ0) is 65.9. The second-order valence-electron chi connectivity index (χ2n) is 23.1. The summed E-state index contributed by atoms with van der Waals surface area (Å²) in [5.41, 5.74) is 7.52. The van der Waals surface area contributed by atoms with Crippen molar-refractivity contribution in [3.8, 4) is 11.5 Å². The van der Waals surface area contributed by atoms with E-state index >= 15 is 0 Å². The van der Waals surface area contributed by atoms with Gasteiger partial charge in [-0.25, -0.2) is 32.5 Å². The Hall–Kier alpha value is -6.64. The Morgan fingerprint density at radius 1 is 0.593 bits per heavy atom. The molecule has 0 aliphatic carbocycles. The molecule has 3 aromatic carbocycles. The molecular formula is C66H92ClF3N4O17. The lowest BCUT2D eigenvalue weighted by Gasteiger charge is -2.31. The minimum atomic E-state index is -1.03. The number of nitrogens with zero attached hydrogens (tertiary/aromatic N) is 1. The van der Waals surface area contributed by atoms with Crippen molar-refractivity contribution in [2.75, 3.05) is 46.8 Å². The summed E-state index contributed by atoms with van der Waals surface area (Å²) in [5.74, 6) is -3.66. The van der Waals surface area contributed by atoms with Gasteiger partial charge < -0.3 is 73.6 Å². The van der Waals surface area contributed by atoms with Crippen LogP contribution in [0.2, 0.25) is 0 Å². The van der Waals surface area contributed by atoms with Crippen molar-refractivity contribution in [1.29, 1.82) is 0 Å². The highest BCUT2D eigenvalue weighted by molar-refractivity contribution is 5.98. The predicted molar refractivity (Wildman–Crippen MR) is 332 cm³/mol. The first-order valence-corrected chi connectivity index (χ1v) is 30.8. The molecule has 2 amide bonds. The molecule has 3 aliphatic heterocycles. The van der Waals surface area contributed by atoms with Crippen molar-refractivity contribution in [1.82, 2.24) is 15.6 Å². The van der Waals surface area contributed by atoms with Gasteiger partial charge in [0.05, 0.1) is 25.4 Å². The summed E-state index contributed by atoms with van der Waals surface area (Å²) < 4.78 is 103.